The van der Waals surface area contributed by atoms with Crippen LogP contribution in [0.3, 0.4) is 0 Å². The number of nitrogens with zero attached hydrogens (tertiary/aromatic N) is 1. The largest absolute Gasteiger partial charge is 0.333 e. The van der Waals surface area contributed by atoms with Crippen LogP contribution >= 0.6 is 12.6 Å². The SMILES string of the molecule is CNCC1CCCC2(CC2)N1C(=O)C(C)CS. The monoisotopic (exact) mass is 256 g/mol. The molecule has 4 heteroatoms. The molecule has 1 amide bonds. The molecule has 0 aromatic carbocycles. The van der Waals surface area contributed by atoms with Crippen molar-refractivity contribution in [1.82, 2.24) is 10.2 Å². The van der Waals surface area contributed by atoms with Crippen LogP contribution in [-0.2, 0) is 4.79 Å². The molecule has 0 bridgehead atoms. The summed E-state index contributed by atoms with van der Waals surface area (Å²) in [5.41, 5.74) is 0.230. The van der Waals surface area contributed by atoms with Crippen molar-refractivity contribution in [2.45, 2.75) is 50.6 Å². The molecule has 2 rings (SSSR count). The van der Waals surface area contributed by atoms with Gasteiger partial charge in [-0.15, -0.1) is 0 Å². The Bertz CT molecular complexity index is 289. The molecule has 1 aliphatic heterocycles. The van der Waals surface area contributed by atoms with Gasteiger partial charge in [-0.25, -0.2) is 0 Å². The second-order valence-electron chi connectivity index (χ2n) is 5.62. The van der Waals surface area contributed by atoms with Gasteiger partial charge in [0.2, 0.25) is 5.91 Å². The van der Waals surface area contributed by atoms with Crippen molar-refractivity contribution in [3.05, 3.63) is 0 Å². The molecule has 2 atom stereocenters. The Morgan fingerprint density at radius 2 is 2.24 bits per heavy atom. The van der Waals surface area contributed by atoms with Crippen LogP contribution in [0.1, 0.15) is 39.0 Å². The van der Waals surface area contributed by atoms with E-state index in [2.05, 4.69) is 22.8 Å². The van der Waals surface area contributed by atoms with Crippen LogP contribution < -0.4 is 5.32 Å². The van der Waals surface area contributed by atoms with E-state index in [1.807, 2.05) is 14.0 Å². The molecular formula is C13H24N2OS. The minimum absolute atomic E-state index is 0.0493. The lowest BCUT2D eigenvalue weighted by Crippen LogP contribution is -2.56. The molecule has 98 valence electrons. The average Bonchev–Trinajstić information content (AvgIpc) is 3.08. The number of thiol groups is 1. The van der Waals surface area contributed by atoms with Crippen LogP contribution in [0.4, 0.5) is 0 Å². The molecule has 1 saturated heterocycles. The van der Waals surface area contributed by atoms with Gasteiger partial charge in [-0.3, -0.25) is 4.79 Å². The highest BCUT2D eigenvalue weighted by Gasteiger charge is 2.54. The fourth-order valence-corrected chi connectivity index (χ4v) is 3.25. The molecule has 2 aliphatic rings. The van der Waals surface area contributed by atoms with Gasteiger partial charge in [0.1, 0.15) is 0 Å². The summed E-state index contributed by atoms with van der Waals surface area (Å²) >= 11 is 4.27. The lowest BCUT2D eigenvalue weighted by molar-refractivity contribution is -0.142. The van der Waals surface area contributed by atoms with Gasteiger partial charge in [-0.2, -0.15) is 12.6 Å². The Morgan fingerprint density at radius 1 is 1.53 bits per heavy atom. The number of carbonyl (C=O) groups is 1. The van der Waals surface area contributed by atoms with E-state index in [0.29, 0.717) is 17.7 Å². The Kier molecular flexibility index (Phi) is 4.03. The number of likely N-dealkylation sites (tertiary alicyclic amines) is 1. The van der Waals surface area contributed by atoms with Crippen molar-refractivity contribution in [3.8, 4) is 0 Å². The lowest BCUT2D eigenvalue weighted by Gasteiger charge is -2.44. The smallest absolute Gasteiger partial charge is 0.226 e. The predicted molar refractivity (Wildman–Crippen MR) is 73.4 cm³/mol. The molecule has 3 nitrogen and oxygen atoms in total. The van der Waals surface area contributed by atoms with Crippen LogP contribution in [0.5, 0.6) is 0 Å². The number of hydrogen-bond acceptors (Lipinski definition) is 3. The summed E-state index contributed by atoms with van der Waals surface area (Å²) in [4.78, 5) is 14.7. The van der Waals surface area contributed by atoms with Crippen LogP contribution in [0.15, 0.2) is 0 Å². The van der Waals surface area contributed by atoms with Crippen molar-refractivity contribution in [2.75, 3.05) is 19.3 Å². The Balaban J connectivity index is 2.14. The average molecular weight is 256 g/mol. The molecule has 17 heavy (non-hydrogen) atoms. The first kappa shape index (κ1) is 13.2. The third-order valence-electron chi connectivity index (χ3n) is 4.26. The summed E-state index contributed by atoms with van der Waals surface area (Å²) in [7, 11) is 1.97. The summed E-state index contributed by atoms with van der Waals surface area (Å²) < 4.78 is 0. The summed E-state index contributed by atoms with van der Waals surface area (Å²) in [5.74, 6) is 1.02. The van der Waals surface area contributed by atoms with E-state index < -0.39 is 0 Å². The van der Waals surface area contributed by atoms with Crippen LogP contribution in [-0.4, -0.2) is 41.7 Å². The molecule has 0 radical (unpaired) electrons. The first-order valence-corrected chi connectivity index (χ1v) is 7.36. The van der Waals surface area contributed by atoms with Crippen molar-refractivity contribution in [1.29, 1.82) is 0 Å². The maximum absolute atomic E-state index is 12.5. The first-order chi connectivity index (χ1) is 8.14. The molecule has 1 N–H and O–H groups in total. The number of likely N-dealkylation sites (N-methyl/N-ethyl adjacent to an activating group) is 1. The zero-order chi connectivity index (χ0) is 12.5. The summed E-state index contributed by atoms with van der Waals surface area (Å²) in [6, 6.07) is 0.395. The topological polar surface area (TPSA) is 32.3 Å². The number of amides is 1. The lowest BCUT2D eigenvalue weighted by atomic mass is 9.92. The third kappa shape index (κ3) is 2.48. The molecule has 2 unspecified atom stereocenters. The maximum Gasteiger partial charge on any atom is 0.226 e. The molecule has 0 aromatic heterocycles. The number of rotatable bonds is 4. The van der Waals surface area contributed by atoms with Gasteiger partial charge in [-0.1, -0.05) is 6.92 Å². The highest BCUT2D eigenvalue weighted by atomic mass is 32.1. The fraction of sp³-hybridized carbons (Fsp3) is 0.923. The predicted octanol–water partition coefficient (Wildman–Crippen LogP) is 1.69. The van der Waals surface area contributed by atoms with E-state index >= 15 is 0 Å². The number of hydrogen-bond donors (Lipinski definition) is 2. The Labute approximate surface area is 110 Å². The van der Waals surface area contributed by atoms with E-state index in [1.165, 1.54) is 25.7 Å². The van der Waals surface area contributed by atoms with Gasteiger partial charge in [0.05, 0.1) is 0 Å². The summed E-state index contributed by atoms with van der Waals surface area (Å²) in [6.07, 6.45) is 6.04. The highest BCUT2D eigenvalue weighted by Crippen LogP contribution is 2.50. The maximum atomic E-state index is 12.5. The second kappa shape index (κ2) is 5.19. The minimum Gasteiger partial charge on any atom is -0.333 e. The van der Waals surface area contributed by atoms with Crippen LogP contribution in [0.2, 0.25) is 0 Å². The zero-order valence-corrected chi connectivity index (χ0v) is 11.8. The van der Waals surface area contributed by atoms with Gasteiger partial charge < -0.3 is 10.2 Å². The molecule has 2 fully saturated rings. The molecule has 1 saturated carbocycles. The molecule has 1 spiro atoms. The quantitative estimate of drug-likeness (QED) is 0.750. The molecular weight excluding hydrogens is 232 g/mol. The summed E-state index contributed by atoms with van der Waals surface area (Å²) in [5, 5.41) is 3.23. The minimum atomic E-state index is 0.0493. The van der Waals surface area contributed by atoms with Gasteiger partial charge >= 0.3 is 0 Å². The summed E-state index contributed by atoms with van der Waals surface area (Å²) in [6.45, 7) is 2.92. The first-order valence-electron chi connectivity index (χ1n) is 6.73. The van der Waals surface area contributed by atoms with E-state index in [9.17, 15) is 4.79 Å². The molecule has 0 aromatic rings. The van der Waals surface area contributed by atoms with E-state index in [-0.39, 0.29) is 11.5 Å². The standard InChI is InChI=1S/C13H24N2OS/c1-10(9-17)12(16)15-11(8-14-2)4-3-5-13(15)6-7-13/h10-11,14,17H,3-9H2,1-2H3. The van der Waals surface area contributed by atoms with Crippen LogP contribution in [0, 0.1) is 5.92 Å². The van der Waals surface area contributed by atoms with E-state index in [0.717, 1.165) is 13.0 Å². The van der Waals surface area contributed by atoms with Gasteiger partial charge in [0, 0.05) is 29.8 Å². The normalized spacial score (nSPS) is 28.2. The van der Waals surface area contributed by atoms with Gasteiger partial charge in [0.15, 0.2) is 0 Å². The highest BCUT2D eigenvalue weighted by molar-refractivity contribution is 7.80. The molecule has 1 heterocycles. The van der Waals surface area contributed by atoms with Gasteiger partial charge in [-0.05, 0) is 39.2 Å². The number of carbonyl (C=O) groups excluding carboxylic acids is 1. The van der Waals surface area contributed by atoms with Crippen molar-refractivity contribution >= 4 is 18.5 Å². The number of nitrogens with one attached hydrogen (secondary N) is 1. The van der Waals surface area contributed by atoms with E-state index in [4.69, 9.17) is 0 Å². The second-order valence-corrected chi connectivity index (χ2v) is 5.99. The fourth-order valence-electron chi connectivity index (χ4n) is 3.10. The van der Waals surface area contributed by atoms with E-state index in [1.54, 1.807) is 0 Å². The Hall–Kier alpha value is -0.220. The van der Waals surface area contributed by atoms with Gasteiger partial charge in [0.25, 0.3) is 0 Å². The third-order valence-corrected chi connectivity index (χ3v) is 4.80. The van der Waals surface area contributed by atoms with Crippen molar-refractivity contribution in [2.24, 2.45) is 5.92 Å². The van der Waals surface area contributed by atoms with Crippen molar-refractivity contribution < 1.29 is 4.79 Å². The van der Waals surface area contributed by atoms with Crippen molar-refractivity contribution in [3.63, 3.8) is 0 Å². The molecule has 1 aliphatic carbocycles. The zero-order valence-electron chi connectivity index (χ0n) is 10.9. The number of piperidine rings is 1. The van der Waals surface area contributed by atoms with Crippen LogP contribution in [0.25, 0.3) is 0 Å². The Morgan fingerprint density at radius 3 is 2.76 bits per heavy atom.